The molecule has 7 heteroatoms. The van der Waals surface area contributed by atoms with Crippen LogP contribution in [0, 0.1) is 6.92 Å². The molecule has 0 spiro atoms. The van der Waals surface area contributed by atoms with E-state index in [9.17, 15) is 9.59 Å². The molecule has 0 aliphatic rings. The van der Waals surface area contributed by atoms with E-state index in [0.717, 1.165) is 10.2 Å². The van der Waals surface area contributed by atoms with Crippen LogP contribution in [0.25, 0.3) is 22.2 Å². The summed E-state index contributed by atoms with van der Waals surface area (Å²) in [5.41, 5.74) is 2.41. The molecule has 0 fully saturated rings. The van der Waals surface area contributed by atoms with Crippen molar-refractivity contribution in [2.75, 3.05) is 0 Å². The predicted octanol–water partition coefficient (Wildman–Crippen LogP) is 2.30. The summed E-state index contributed by atoms with van der Waals surface area (Å²) in [6.45, 7) is 1.58. The number of nitrogens with zero attached hydrogens (tertiary/aromatic N) is 5. The molecule has 0 atom stereocenters. The molecule has 0 saturated heterocycles. The fourth-order valence-corrected chi connectivity index (χ4v) is 2.83. The maximum Gasteiger partial charge on any atom is 0.278 e. The first-order valence-corrected chi connectivity index (χ1v) is 8.11. The van der Waals surface area contributed by atoms with Crippen molar-refractivity contribution in [1.82, 2.24) is 24.8 Å². The molecule has 26 heavy (non-hydrogen) atoms. The van der Waals surface area contributed by atoms with E-state index in [4.69, 9.17) is 0 Å². The SMILES string of the molecule is Cc1cc(-c2ccccc2)n(C(=O)Cn2nnc3ccccc3c2=O)n1. The largest absolute Gasteiger partial charge is 0.278 e. The van der Waals surface area contributed by atoms with Gasteiger partial charge in [0, 0.05) is 5.56 Å². The highest BCUT2D eigenvalue weighted by Gasteiger charge is 2.17. The van der Waals surface area contributed by atoms with Gasteiger partial charge in [0.05, 0.1) is 16.8 Å². The lowest BCUT2D eigenvalue weighted by Crippen LogP contribution is -2.30. The second kappa shape index (κ2) is 6.36. The Kier molecular flexibility index (Phi) is 3.89. The van der Waals surface area contributed by atoms with E-state index in [1.165, 1.54) is 4.68 Å². The Balaban J connectivity index is 1.72. The van der Waals surface area contributed by atoms with Gasteiger partial charge in [-0.2, -0.15) is 9.78 Å². The molecule has 0 amide bonds. The summed E-state index contributed by atoms with van der Waals surface area (Å²) < 4.78 is 2.38. The summed E-state index contributed by atoms with van der Waals surface area (Å²) >= 11 is 0. The number of carbonyl (C=O) groups is 1. The summed E-state index contributed by atoms with van der Waals surface area (Å²) in [7, 11) is 0. The zero-order valence-electron chi connectivity index (χ0n) is 14.0. The summed E-state index contributed by atoms with van der Waals surface area (Å²) in [5, 5.41) is 12.6. The Bertz CT molecular complexity index is 1160. The number of fused-ring (bicyclic) bond motifs is 1. The van der Waals surface area contributed by atoms with Gasteiger partial charge >= 0.3 is 0 Å². The van der Waals surface area contributed by atoms with Crippen molar-refractivity contribution in [3.63, 3.8) is 0 Å². The van der Waals surface area contributed by atoms with Gasteiger partial charge in [-0.05, 0) is 25.1 Å². The third-order valence-electron chi connectivity index (χ3n) is 4.05. The van der Waals surface area contributed by atoms with Crippen LogP contribution in [0.1, 0.15) is 10.5 Å². The van der Waals surface area contributed by atoms with E-state index in [0.29, 0.717) is 22.3 Å². The highest BCUT2D eigenvalue weighted by atomic mass is 16.2. The zero-order chi connectivity index (χ0) is 18.1. The van der Waals surface area contributed by atoms with Crippen LogP contribution in [-0.2, 0) is 6.54 Å². The Morgan fingerprint density at radius 1 is 1.04 bits per heavy atom. The van der Waals surface area contributed by atoms with Crippen molar-refractivity contribution in [1.29, 1.82) is 0 Å². The molecule has 0 radical (unpaired) electrons. The molecule has 0 bridgehead atoms. The fourth-order valence-electron chi connectivity index (χ4n) is 2.83. The van der Waals surface area contributed by atoms with Gasteiger partial charge in [-0.25, -0.2) is 4.68 Å². The molecular formula is C19H15N5O2. The molecule has 2 heterocycles. The lowest BCUT2D eigenvalue weighted by molar-refractivity contribution is 0.0869. The van der Waals surface area contributed by atoms with Gasteiger partial charge in [-0.15, -0.1) is 5.10 Å². The fraction of sp³-hybridized carbons (Fsp3) is 0.105. The minimum Gasteiger partial charge on any atom is -0.270 e. The van der Waals surface area contributed by atoms with Crippen molar-refractivity contribution in [3.8, 4) is 11.3 Å². The molecule has 4 rings (SSSR count). The standard InChI is InChI=1S/C19H15N5O2/c1-13-11-17(14-7-3-2-4-8-14)24(21-13)18(25)12-23-19(26)15-9-5-6-10-16(15)20-22-23/h2-11H,12H2,1H3. The van der Waals surface area contributed by atoms with Gasteiger partial charge in [0.1, 0.15) is 12.1 Å². The Morgan fingerprint density at radius 3 is 2.58 bits per heavy atom. The second-order valence-corrected chi connectivity index (χ2v) is 5.91. The highest BCUT2D eigenvalue weighted by molar-refractivity contribution is 5.83. The molecule has 0 aliphatic heterocycles. The summed E-state index contributed by atoms with van der Waals surface area (Å²) in [6, 6.07) is 18.3. The number of aromatic nitrogens is 5. The minimum absolute atomic E-state index is 0.238. The average molecular weight is 345 g/mol. The molecule has 0 aliphatic carbocycles. The van der Waals surface area contributed by atoms with Gasteiger partial charge in [-0.3, -0.25) is 9.59 Å². The van der Waals surface area contributed by atoms with Crippen LogP contribution in [0.5, 0.6) is 0 Å². The van der Waals surface area contributed by atoms with Crippen LogP contribution in [0.4, 0.5) is 0 Å². The maximum absolute atomic E-state index is 12.8. The Hall–Kier alpha value is -3.61. The molecular weight excluding hydrogens is 330 g/mol. The Labute approximate surface area is 148 Å². The van der Waals surface area contributed by atoms with E-state index < -0.39 is 0 Å². The van der Waals surface area contributed by atoms with E-state index in [-0.39, 0.29) is 18.0 Å². The maximum atomic E-state index is 12.8. The predicted molar refractivity (Wildman–Crippen MR) is 96.8 cm³/mol. The minimum atomic E-state index is -0.358. The second-order valence-electron chi connectivity index (χ2n) is 5.91. The molecule has 0 unspecified atom stereocenters. The molecule has 128 valence electrons. The quantitative estimate of drug-likeness (QED) is 0.569. The normalized spacial score (nSPS) is 11.0. The van der Waals surface area contributed by atoms with Crippen molar-refractivity contribution >= 4 is 16.8 Å². The summed E-state index contributed by atoms with van der Waals surface area (Å²) in [4.78, 5) is 25.3. The average Bonchev–Trinajstić information content (AvgIpc) is 3.07. The number of aryl methyl sites for hydroxylation is 1. The van der Waals surface area contributed by atoms with Crippen LogP contribution in [0.15, 0.2) is 65.5 Å². The third kappa shape index (κ3) is 2.79. The number of benzene rings is 2. The molecule has 2 aromatic heterocycles. The van der Waals surface area contributed by atoms with Crippen LogP contribution in [0.2, 0.25) is 0 Å². The van der Waals surface area contributed by atoms with Crippen LogP contribution in [-0.4, -0.2) is 30.7 Å². The van der Waals surface area contributed by atoms with Crippen molar-refractivity contribution < 1.29 is 4.79 Å². The van der Waals surface area contributed by atoms with Gasteiger partial charge in [0.25, 0.3) is 11.5 Å². The van der Waals surface area contributed by atoms with Crippen molar-refractivity contribution in [2.24, 2.45) is 0 Å². The molecule has 2 aromatic carbocycles. The van der Waals surface area contributed by atoms with E-state index in [1.807, 2.05) is 43.3 Å². The molecule has 0 N–H and O–H groups in total. The lowest BCUT2D eigenvalue weighted by atomic mass is 10.1. The number of hydrogen-bond acceptors (Lipinski definition) is 5. The van der Waals surface area contributed by atoms with Gasteiger partial charge in [0.2, 0.25) is 0 Å². The van der Waals surface area contributed by atoms with E-state index in [2.05, 4.69) is 15.4 Å². The number of carbonyl (C=O) groups excluding carboxylic acids is 1. The first-order chi connectivity index (χ1) is 12.6. The number of rotatable bonds is 3. The monoisotopic (exact) mass is 345 g/mol. The molecule has 0 saturated carbocycles. The third-order valence-corrected chi connectivity index (χ3v) is 4.05. The Morgan fingerprint density at radius 2 is 1.77 bits per heavy atom. The molecule has 4 aromatic rings. The topological polar surface area (TPSA) is 82.7 Å². The number of hydrogen-bond donors (Lipinski definition) is 0. The molecule has 7 nitrogen and oxygen atoms in total. The van der Waals surface area contributed by atoms with Crippen LogP contribution < -0.4 is 5.56 Å². The van der Waals surface area contributed by atoms with Crippen LogP contribution in [0.3, 0.4) is 0 Å². The first-order valence-electron chi connectivity index (χ1n) is 8.11. The van der Waals surface area contributed by atoms with Crippen molar-refractivity contribution in [2.45, 2.75) is 13.5 Å². The smallest absolute Gasteiger partial charge is 0.270 e. The highest BCUT2D eigenvalue weighted by Crippen LogP contribution is 2.20. The van der Waals surface area contributed by atoms with Gasteiger partial charge in [0.15, 0.2) is 0 Å². The van der Waals surface area contributed by atoms with E-state index >= 15 is 0 Å². The van der Waals surface area contributed by atoms with Gasteiger partial charge in [-0.1, -0.05) is 47.7 Å². The summed E-state index contributed by atoms with van der Waals surface area (Å²) in [6.07, 6.45) is 0. The first kappa shape index (κ1) is 15.9. The van der Waals surface area contributed by atoms with Crippen molar-refractivity contribution in [3.05, 3.63) is 76.7 Å². The lowest BCUT2D eigenvalue weighted by Gasteiger charge is -2.07. The van der Waals surface area contributed by atoms with Gasteiger partial charge < -0.3 is 0 Å². The van der Waals surface area contributed by atoms with E-state index in [1.54, 1.807) is 24.3 Å². The zero-order valence-corrected chi connectivity index (χ0v) is 14.0. The summed E-state index contributed by atoms with van der Waals surface area (Å²) in [5.74, 6) is -0.358. The van der Waals surface area contributed by atoms with Crippen LogP contribution >= 0.6 is 0 Å².